The second kappa shape index (κ2) is 9.44. The lowest BCUT2D eigenvalue weighted by atomic mass is 9.94. The van der Waals surface area contributed by atoms with Gasteiger partial charge in [-0.2, -0.15) is 0 Å². The maximum Gasteiger partial charge on any atom is 0.0468 e. The Bertz CT molecular complexity index is 2490. The van der Waals surface area contributed by atoms with E-state index in [0.717, 1.165) is 17.1 Å². The fourth-order valence-corrected chi connectivity index (χ4v) is 6.94. The van der Waals surface area contributed by atoms with E-state index in [0.29, 0.717) is 0 Å². The van der Waals surface area contributed by atoms with Crippen molar-refractivity contribution < 1.29 is 0 Å². The number of rotatable bonds is 3. The average molecular weight is 546 g/mol. The fraction of sp³-hybridized carbons (Fsp3) is 0. The van der Waals surface area contributed by atoms with Crippen molar-refractivity contribution in [2.75, 3.05) is 4.90 Å². The number of nitrogens with zero attached hydrogens (tertiary/aromatic N) is 1. The van der Waals surface area contributed by atoms with Crippen molar-refractivity contribution in [3.05, 3.63) is 164 Å². The van der Waals surface area contributed by atoms with Crippen LogP contribution in [0.4, 0.5) is 17.1 Å². The zero-order valence-corrected chi connectivity index (χ0v) is 23.5. The topological polar surface area (TPSA) is 3.24 Å². The second-order valence-corrected chi connectivity index (χ2v) is 11.4. The van der Waals surface area contributed by atoms with Crippen LogP contribution in [0, 0.1) is 0 Å². The molecule has 0 saturated heterocycles. The summed E-state index contributed by atoms with van der Waals surface area (Å²) < 4.78 is 0. The van der Waals surface area contributed by atoms with E-state index in [1.54, 1.807) is 0 Å². The second-order valence-electron chi connectivity index (χ2n) is 11.4. The predicted molar refractivity (Wildman–Crippen MR) is 186 cm³/mol. The Morgan fingerprint density at radius 2 is 0.628 bits per heavy atom. The van der Waals surface area contributed by atoms with E-state index in [1.807, 2.05) is 0 Å². The maximum atomic E-state index is 2.41. The van der Waals surface area contributed by atoms with Crippen LogP contribution in [-0.4, -0.2) is 0 Å². The van der Waals surface area contributed by atoms with Crippen LogP contribution in [0.5, 0.6) is 0 Å². The molecule has 0 spiro atoms. The van der Waals surface area contributed by atoms with Crippen molar-refractivity contribution in [1.82, 2.24) is 0 Å². The molecule has 1 nitrogen and oxygen atoms in total. The van der Waals surface area contributed by atoms with Crippen LogP contribution in [0.2, 0.25) is 0 Å². The Labute approximate surface area is 249 Å². The SMILES string of the molecule is c1ccc2cc(N(c3ccc4c(ccc5ccccc54)c3)c3ccc4c5ccccc5c5ccccc5c4c3)ccc2c1. The lowest BCUT2D eigenvalue weighted by molar-refractivity contribution is 1.30. The molecule has 0 aliphatic rings. The predicted octanol–water partition coefficient (Wildman–Crippen LogP) is 12.1. The molecule has 0 aliphatic heterocycles. The lowest BCUT2D eigenvalue weighted by Crippen LogP contribution is -2.10. The Morgan fingerprint density at radius 1 is 0.233 bits per heavy atom. The van der Waals surface area contributed by atoms with Gasteiger partial charge >= 0.3 is 0 Å². The Hall–Kier alpha value is -5.66. The average Bonchev–Trinajstić information content (AvgIpc) is 3.08. The van der Waals surface area contributed by atoms with E-state index in [-0.39, 0.29) is 0 Å². The summed E-state index contributed by atoms with van der Waals surface area (Å²) in [4.78, 5) is 2.41. The van der Waals surface area contributed by atoms with Crippen LogP contribution in [0.25, 0.3) is 64.6 Å². The van der Waals surface area contributed by atoms with Gasteiger partial charge in [0.1, 0.15) is 0 Å². The molecule has 0 N–H and O–H groups in total. The number of hydrogen-bond acceptors (Lipinski definition) is 1. The van der Waals surface area contributed by atoms with Gasteiger partial charge in [0.15, 0.2) is 0 Å². The molecule has 0 aromatic heterocycles. The number of anilines is 3. The molecule has 0 heterocycles. The van der Waals surface area contributed by atoms with Crippen molar-refractivity contribution in [2.45, 2.75) is 0 Å². The first-order valence-electron chi connectivity index (χ1n) is 14.9. The minimum atomic E-state index is 1.14. The van der Waals surface area contributed by atoms with Crippen molar-refractivity contribution in [2.24, 2.45) is 0 Å². The van der Waals surface area contributed by atoms with Gasteiger partial charge in [-0.3, -0.25) is 0 Å². The first kappa shape index (κ1) is 24.0. The molecule has 9 aromatic rings. The summed E-state index contributed by atoms with van der Waals surface area (Å²) >= 11 is 0. The zero-order chi connectivity index (χ0) is 28.3. The van der Waals surface area contributed by atoms with Gasteiger partial charge in [-0.1, -0.05) is 127 Å². The molecule has 9 aromatic carbocycles. The number of hydrogen-bond donors (Lipinski definition) is 0. The highest BCUT2D eigenvalue weighted by molar-refractivity contribution is 6.25. The van der Waals surface area contributed by atoms with Gasteiger partial charge in [0.05, 0.1) is 0 Å². The van der Waals surface area contributed by atoms with Crippen LogP contribution in [0.1, 0.15) is 0 Å². The summed E-state index contributed by atoms with van der Waals surface area (Å²) in [6.45, 7) is 0. The highest BCUT2D eigenvalue weighted by Crippen LogP contribution is 2.42. The van der Waals surface area contributed by atoms with Gasteiger partial charge in [0.2, 0.25) is 0 Å². The van der Waals surface area contributed by atoms with Crippen LogP contribution < -0.4 is 4.90 Å². The van der Waals surface area contributed by atoms with Gasteiger partial charge in [-0.25, -0.2) is 0 Å². The highest BCUT2D eigenvalue weighted by Gasteiger charge is 2.17. The molecule has 0 radical (unpaired) electrons. The van der Waals surface area contributed by atoms with Gasteiger partial charge < -0.3 is 4.90 Å². The molecule has 43 heavy (non-hydrogen) atoms. The summed E-state index contributed by atoms with van der Waals surface area (Å²) in [7, 11) is 0. The highest BCUT2D eigenvalue weighted by atomic mass is 15.1. The van der Waals surface area contributed by atoms with Crippen molar-refractivity contribution >= 4 is 81.7 Å². The van der Waals surface area contributed by atoms with Crippen LogP contribution >= 0.6 is 0 Å². The number of benzene rings is 9. The Morgan fingerprint density at radius 3 is 1.33 bits per heavy atom. The summed E-state index contributed by atoms with van der Waals surface area (Å²) in [6.07, 6.45) is 0. The van der Waals surface area contributed by atoms with E-state index in [9.17, 15) is 0 Å². The fourth-order valence-electron chi connectivity index (χ4n) is 6.94. The third kappa shape index (κ3) is 3.79. The molecule has 9 rings (SSSR count). The first-order valence-corrected chi connectivity index (χ1v) is 14.9. The van der Waals surface area contributed by atoms with E-state index in [4.69, 9.17) is 0 Å². The van der Waals surface area contributed by atoms with Gasteiger partial charge in [0, 0.05) is 17.1 Å². The van der Waals surface area contributed by atoms with Crippen molar-refractivity contribution in [3.8, 4) is 0 Å². The smallest absolute Gasteiger partial charge is 0.0468 e. The molecule has 0 bridgehead atoms. The Balaban J connectivity index is 1.33. The maximum absolute atomic E-state index is 2.41. The summed E-state index contributed by atoms with van der Waals surface area (Å²) in [5, 5.41) is 15.2. The van der Waals surface area contributed by atoms with E-state index >= 15 is 0 Å². The quantitative estimate of drug-likeness (QED) is 0.200. The summed E-state index contributed by atoms with van der Waals surface area (Å²) in [5.41, 5.74) is 3.43. The summed E-state index contributed by atoms with van der Waals surface area (Å²) in [6, 6.07) is 59.9. The molecular weight excluding hydrogens is 518 g/mol. The minimum Gasteiger partial charge on any atom is -0.310 e. The molecule has 1 heteroatoms. The molecule has 0 unspecified atom stereocenters. The normalized spacial score (nSPS) is 11.7. The Kier molecular flexibility index (Phi) is 5.27. The zero-order valence-electron chi connectivity index (χ0n) is 23.5. The van der Waals surface area contributed by atoms with E-state index in [2.05, 4.69) is 169 Å². The van der Waals surface area contributed by atoms with Gasteiger partial charge in [-0.05, 0) is 101 Å². The summed E-state index contributed by atoms with van der Waals surface area (Å²) in [5.74, 6) is 0. The third-order valence-electron chi connectivity index (χ3n) is 8.96. The van der Waals surface area contributed by atoms with E-state index in [1.165, 1.54) is 64.6 Å². The molecular formula is C42H27N. The largest absolute Gasteiger partial charge is 0.310 e. The standard InChI is InChI=1S/C42H27N/c1-2-11-30-25-32(20-19-28(30)9-1)43(33-21-23-36-31(26-33)18-17-29-10-3-4-12-35(29)36)34-22-24-41-39-15-6-5-13-37(39)38-14-7-8-16-40(38)42(41)27-34/h1-27H. The van der Waals surface area contributed by atoms with Crippen LogP contribution in [0.3, 0.4) is 0 Å². The van der Waals surface area contributed by atoms with E-state index < -0.39 is 0 Å². The van der Waals surface area contributed by atoms with Crippen molar-refractivity contribution in [3.63, 3.8) is 0 Å². The first-order chi connectivity index (χ1) is 21.3. The number of fused-ring (bicyclic) bond motifs is 10. The van der Waals surface area contributed by atoms with Crippen LogP contribution in [0.15, 0.2) is 164 Å². The molecule has 0 amide bonds. The molecule has 0 fully saturated rings. The molecule has 0 aliphatic carbocycles. The minimum absolute atomic E-state index is 1.14. The lowest BCUT2D eigenvalue weighted by Gasteiger charge is -2.27. The van der Waals surface area contributed by atoms with Crippen molar-refractivity contribution in [1.29, 1.82) is 0 Å². The van der Waals surface area contributed by atoms with Crippen LogP contribution in [-0.2, 0) is 0 Å². The molecule has 200 valence electrons. The molecule has 0 saturated carbocycles. The molecule has 0 atom stereocenters. The van der Waals surface area contributed by atoms with Gasteiger partial charge in [-0.15, -0.1) is 0 Å². The van der Waals surface area contributed by atoms with Gasteiger partial charge in [0.25, 0.3) is 0 Å². The monoisotopic (exact) mass is 545 g/mol. The third-order valence-corrected chi connectivity index (χ3v) is 8.96.